The number of aryl methyl sites for hydroxylation is 1. The Labute approximate surface area is 186 Å². The van der Waals surface area contributed by atoms with Crippen molar-refractivity contribution in [3.8, 4) is 28.6 Å². The van der Waals surface area contributed by atoms with E-state index >= 15 is 0 Å². The third-order valence-corrected chi connectivity index (χ3v) is 4.98. The van der Waals surface area contributed by atoms with Gasteiger partial charge in [0.25, 0.3) is 5.91 Å². The first kappa shape index (κ1) is 21.1. The highest BCUT2D eigenvalue weighted by molar-refractivity contribution is 6.04. The number of methoxy groups -OCH3 is 1. The molecule has 0 radical (unpaired) electrons. The van der Waals surface area contributed by atoms with E-state index < -0.39 is 0 Å². The smallest absolute Gasteiger partial charge is 0.321 e. The third-order valence-electron chi connectivity index (χ3n) is 4.98. The molecule has 0 aliphatic carbocycles. The van der Waals surface area contributed by atoms with E-state index in [0.29, 0.717) is 17.1 Å². The molecule has 1 amide bonds. The quantitative estimate of drug-likeness (QED) is 0.408. The summed E-state index contributed by atoms with van der Waals surface area (Å²) in [6, 6.07) is 22.6. The zero-order chi connectivity index (χ0) is 22.3. The SMILES string of the molecule is CCc1ccc(NC(=O)c2ccc(-c3cnc(Oc4cccc(OC)c4)nc3)cc2)cc1. The minimum Gasteiger partial charge on any atom is -0.497 e. The molecule has 4 aromatic rings. The zero-order valence-electron chi connectivity index (χ0n) is 17.9. The van der Waals surface area contributed by atoms with Crippen molar-refractivity contribution in [1.29, 1.82) is 0 Å². The molecule has 6 heteroatoms. The standard InChI is InChI=1S/C26H23N3O3/c1-3-18-7-13-22(14-8-18)29-25(30)20-11-9-19(10-12-20)21-16-27-26(28-17-21)32-24-6-4-5-23(15-24)31-2/h4-17H,3H2,1-2H3,(H,29,30). The van der Waals surface area contributed by atoms with E-state index in [4.69, 9.17) is 9.47 Å². The summed E-state index contributed by atoms with van der Waals surface area (Å²) in [5.74, 6) is 1.14. The summed E-state index contributed by atoms with van der Waals surface area (Å²) in [6.45, 7) is 2.10. The fourth-order valence-corrected chi connectivity index (χ4v) is 3.13. The van der Waals surface area contributed by atoms with E-state index in [1.807, 2.05) is 54.6 Å². The maximum atomic E-state index is 12.5. The summed E-state index contributed by atoms with van der Waals surface area (Å²) in [5.41, 5.74) is 4.31. The van der Waals surface area contributed by atoms with E-state index in [9.17, 15) is 4.79 Å². The number of aromatic nitrogens is 2. The van der Waals surface area contributed by atoms with E-state index in [1.54, 1.807) is 37.7 Å². The topological polar surface area (TPSA) is 73.3 Å². The second kappa shape index (κ2) is 9.75. The Bertz CT molecular complexity index is 1190. The van der Waals surface area contributed by atoms with Crippen LogP contribution in [0.25, 0.3) is 11.1 Å². The highest BCUT2D eigenvalue weighted by Gasteiger charge is 2.08. The van der Waals surface area contributed by atoms with E-state index in [1.165, 1.54) is 5.56 Å². The van der Waals surface area contributed by atoms with Gasteiger partial charge in [-0.15, -0.1) is 0 Å². The molecule has 0 bridgehead atoms. The van der Waals surface area contributed by atoms with Crippen LogP contribution in [0, 0.1) is 0 Å². The molecule has 0 atom stereocenters. The van der Waals surface area contributed by atoms with Gasteiger partial charge in [-0.2, -0.15) is 0 Å². The molecule has 160 valence electrons. The summed E-state index contributed by atoms with van der Waals surface area (Å²) in [4.78, 5) is 21.1. The van der Waals surface area contributed by atoms with Crippen molar-refractivity contribution in [1.82, 2.24) is 9.97 Å². The lowest BCUT2D eigenvalue weighted by molar-refractivity contribution is 0.102. The van der Waals surface area contributed by atoms with Gasteiger partial charge < -0.3 is 14.8 Å². The number of amides is 1. The number of ether oxygens (including phenoxy) is 2. The Balaban J connectivity index is 1.41. The van der Waals surface area contributed by atoms with Crippen LogP contribution in [0.15, 0.2) is 85.2 Å². The molecule has 0 aliphatic rings. The first-order chi connectivity index (χ1) is 15.6. The van der Waals surface area contributed by atoms with Gasteiger partial charge in [0.2, 0.25) is 0 Å². The van der Waals surface area contributed by atoms with E-state index in [0.717, 1.165) is 23.2 Å². The highest BCUT2D eigenvalue weighted by Crippen LogP contribution is 2.24. The lowest BCUT2D eigenvalue weighted by atomic mass is 10.1. The van der Waals surface area contributed by atoms with Crippen molar-refractivity contribution in [2.45, 2.75) is 13.3 Å². The molecule has 0 unspecified atom stereocenters. The van der Waals surface area contributed by atoms with Gasteiger partial charge in [0.15, 0.2) is 0 Å². The summed E-state index contributed by atoms with van der Waals surface area (Å²) in [7, 11) is 1.60. The Hall–Kier alpha value is -4.19. The number of carbonyl (C=O) groups is 1. The Kier molecular flexibility index (Phi) is 6.41. The minimum absolute atomic E-state index is 0.154. The first-order valence-corrected chi connectivity index (χ1v) is 10.3. The molecule has 6 nitrogen and oxygen atoms in total. The Morgan fingerprint density at radius 2 is 1.56 bits per heavy atom. The predicted molar refractivity (Wildman–Crippen MR) is 124 cm³/mol. The molecule has 1 heterocycles. The van der Waals surface area contributed by atoms with Gasteiger partial charge in [-0.25, -0.2) is 9.97 Å². The third kappa shape index (κ3) is 5.10. The number of benzene rings is 3. The van der Waals surface area contributed by atoms with Gasteiger partial charge in [0.05, 0.1) is 7.11 Å². The number of hydrogen-bond acceptors (Lipinski definition) is 5. The number of hydrogen-bond donors (Lipinski definition) is 1. The highest BCUT2D eigenvalue weighted by atomic mass is 16.5. The van der Waals surface area contributed by atoms with Crippen molar-refractivity contribution in [2.75, 3.05) is 12.4 Å². The molecular formula is C26H23N3O3. The molecule has 0 saturated carbocycles. The maximum Gasteiger partial charge on any atom is 0.321 e. The second-order valence-corrected chi connectivity index (χ2v) is 7.12. The van der Waals surface area contributed by atoms with Crippen molar-refractivity contribution >= 4 is 11.6 Å². The fourth-order valence-electron chi connectivity index (χ4n) is 3.13. The number of anilines is 1. The van der Waals surface area contributed by atoms with Gasteiger partial charge in [-0.1, -0.05) is 37.3 Å². The van der Waals surface area contributed by atoms with Crippen LogP contribution in [0.3, 0.4) is 0 Å². The van der Waals surface area contributed by atoms with Crippen LogP contribution in [0.5, 0.6) is 17.5 Å². The molecule has 32 heavy (non-hydrogen) atoms. The largest absolute Gasteiger partial charge is 0.497 e. The van der Waals surface area contributed by atoms with Crippen molar-refractivity contribution in [3.63, 3.8) is 0 Å². The molecule has 0 spiro atoms. The molecular weight excluding hydrogens is 402 g/mol. The summed E-state index contributed by atoms with van der Waals surface area (Å²) >= 11 is 0. The molecule has 4 rings (SSSR count). The Morgan fingerprint density at radius 1 is 0.875 bits per heavy atom. The lowest BCUT2D eigenvalue weighted by Gasteiger charge is -2.08. The average molecular weight is 425 g/mol. The van der Waals surface area contributed by atoms with Crippen LogP contribution in [0.1, 0.15) is 22.8 Å². The van der Waals surface area contributed by atoms with Crippen molar-refractivity contribution in [2.24, 2.45) is 0 Å². The average Bonchev–Trinajstić information content (AvgIpc) is 2.85. The molecule has 0 saturated heterocycles. The van der Waals surface area contributed by atoms with Gasteiger partial charge in [0, 0.05) is 35.3 Å². The molecule has 0 fully saturated rings. The monoisotopic (exact) mass is 425 g/mol. The maximum absolute atomic E-state index is 12.5. The normalized spacial score (nSPS) is 10.4. The number of nitrogens with zero attached hydrogens (tertiary/aromatic N) is 2. The van der Waals surface area contributed by atoms with Crippen LogP contribution >= 0.6 is 0 Å². The predicted octanol–water partition coefficient (Wildman–Crippen LogP) is 5.76. The molecule has 0 aliphatic heterocycles. The molecule has 3 aromatic carbocycles. The molecule has 1 N–H and O–H groups in total. The second-order valence-electron chi connectivity index (χ2n) is 7.12. The van der Waals surface area contributed by atoms with Crippen LogP contribution in [-0.2, 0) is 6.42 Å². The summed E-state index contributed by atoms with van der Waals surface area (Å²) < 4.78 is 10.9. The first-order valence-electron chi connectivity index (χ1n) is 10.3. The van der Waals surface area contributed by atoms with Crippen LogP contribution in [0.2, 0.25) is 0 Å². The minimum atomic E-state index is -0.154. The molecule has 1 aromatic heterocycles. The van der Waals surface area contributed by atoms with Gasteiger partial charge in [-0.05, 0) is 53.9 Å². The fraction of sp³-hybridized carbons (Fsp3) is 0.115. The van der Waals surface area contributed by atoms with Crippen molar-refractivity contribution < 1.29 is 14.3 Å². The van der Waals surface area contributed by atoms with Gasteiger partial charge >= 0.3 is 6.01 Å². The van der Waals surface area contributed by atoms with Crippen LogP contribution < -0.4 is 14.8 Å². The summed E-state index contributed by atoms with van der Waals surface area (Å²) in [5, 5.41) is 2.92. The van der Waals surface area contributed by atoms with Crippen molar-refractivity contribution in [3.05, 3.63) is 96.3 Å². The van der Waals surface area contributed by atoms with E-state index in [2.05, 4.69) is 22.2 Å². The van der Waals surface area contributed by atoms with Gasteiger partial charge in [-0.3, -0.25) is 4.79 Å². The van der Waals surface area contributed by atoms with Crippen LogP contribution in [-0.4, -0.2) is 23.0 Å². The van der Waals surface area contributed by atoms with Crippen LogP contribution in [0.4, 0.5) is 5.69 Å². The summed E-state index contributed by atoms with van der Waals surface area (Å²) in [6.07, 6.45) is 4.34. The number of carbonyl (C=O) groups excluding carboxylic acids is 1. The lowest BCUT2D eigenvalue weighted by Crippen LogP contribution is -2.11. The van der Waals surface area contributed by atoms with E-state index in [-0.39, 0.29) is 11.9 Å². The number of rotatable bonds is 7. The number of nitrogens with one attached hydrogen (secondary N) is 1. The van der Waals surface area contributed by atoms with Gasteiger partial charge in [0.1, 0.15) is 11.5 Å². The Morgan fingerprint density at radius 3 is 2.22 bits per heavy atom. The zero-order valence-corrected chi connectivity index (χ0v) is 17.9.